The standard InChI is InChI=1S/C19H28N2O3S.C10H9NO3.C3H8.C2H6.C2H2/c1-5-11-21(15(4)23)17-9-7-16(8-10-17)19(24)12-18(20-13-22)14(3)25-6-2;12-7-8-1-3-9(4-2-8)11-5-6-14-10(11)13;1-3-2;2*1-2/h7-10,13-14,18H,5-6,11-12H2,1-4H3,(H,20,22);1-4,7H,5-6H2;3H2,1-2H3;1-2H3;1-2H/t14-,18?;;;;/m1..../s1. The summed E-state index contributed by atoms with van der Waals surface area (Å²) >= 11 is 1.71. The van der Waals surface area contributed by atoms with Crippen molar-refractivity contribution in [1.82, 2.24) is 5.32 Å². The lowest BCUT2D eigenvalue weighted by atomic mass is 10.0. The lowest BCUT2D eigenvalue weighted by molar-refractivity contribution is -0.116. The van der Waals surface area contributed by atoms with Crippen LogP contribution in [-0.4, -0.2) is 67.2 Å². The molecule has 46 heavy (non-hydrogen) atoms. The van der Waals surface area contributed by atoms with E-state index in [0.29, 0.717) is 37.2 Å². The Kier molecular flexibility index (Phi) is 26.1. The maximum Gasteiger partial charge on any atom is 0.414 e. The maximum absolute atomic E-state index is 12.5. The number of hydrogen-bond donors (Lipinski definition) is 1. The van der Waals surface area contributed by atoms with E-state index in [1.54, 1.807) is 65.2 Å². The number of nitrogens with one attached hydrogen (secondary N) is 1. The van der Waals surface area contributed by atoms with Crippen LogP contribution in [0.25, 0.3) is 0 Å². The number of carbonyl (C=O) groups excluding carboxylic acids is 5. The van der Waals surface area contributed by atoms with Gasteiger partial charge >= 0.3 is 6.09 Å². The van der Waals surface area contributed by atoms with E-state index in [2.05, 4.69) is 38.9 Å². The summed E-state index contributed by atoms with van der Waals surface area (Å²) in [4.78, 5) is 59.9. The number of benzene rings is 2. The molecule has 10 heteroatoms. The zero-order valence-electron chi connectivity index (χ0n) is 28.8. The van der Waals surface area contributed by atoms with E-state index in [4.69, 9.17) is 4.74 Å². The highest BCUT2D eigenvalue weighted by Crippen LogP contribution is 2.21. The van der Waals surface area contributed by atoms with E-state index >= 15 is 0 Å². The molecular formula is C36H53N3O6S. The first-order valence-electron chi connectivity index (χ1n) is 15.7. The number of carbonyl (C=O) groups is 5. The van der Waals surface area contributed by atoms with E-state index in [-0.39, 0.29) is 35.5 Å². The molecule has 1 saturated heterocycles. The van der Waals surface area contributed by atoms with Gasteiger partial charge in [0.2, 0.25) is 12.3 Å². The lowest BCUT2D eigenvalue weighted by Gasteiger charge is -2.22. The van der Waals surface area contributed by atoms with Crippen molar-refractivity contribution in [1.29, 1.82) is 0 Å². The summed E-state index contributed by atoms with van der Waals surface area (Å²) in [6.07, 6.45) is 11.5. The number of thioether (sulfide) groups is 1. The molecule has 1 heterocycles. The van der Waals surface area contributed by atoms with Gasteiger partial charge in [-0.25, -0.2) is 4.79 Å². The number of cyclic esters (lactones) is 1. The van der Waals surface area contributed by atoms with Crippen LogP contribution in [0.3, 0.4) is 0 Å². The third-order valence-corrected chi connectivity index (χ3v) is 7.30. The largest absolute Gasteiger partial charge is 0.447 e. The van der Waals surface area contributed by atoms with Crippen LogP contribution in [0, 0.1) is 12.8 Å². The van der Waals surface area contributed by atoms with Crippen LogP contribution in [0.2, 0.25) is 0 Å². The van der Waals surface area contributed by atoms with Crippen molar-refractivity contribution in [3.05, 3.63) is 59.7 Å². The van der Waals surface area contributed by atoms with Crippen LogP contribution in [0.5, 0.6) is 0 Å². The minimum atomic E-state index is -0.330. The molecule has 0 bridgehead atoms. The molecule has 1 N–H and O–H groups in total. The predicted molar refractivity (Wildman–Crippen MR) is 192 cm³/mol. The van der Waals surface area contributed by atoms with Crippen LogP contribution in [0.4, 0.5) is 16.2 Å². The molecule has 0 aliphatic carbocycles. The van der Waals surface area contributed by atoms with Gasteiger partial charge in [-0.1, -0.05) is 54.9 Å². The van der Waals surface area contributed by atoms with Gasteiger partial charge in [-0.15, -0.1) is 12.8 Å². The molecule has 3 amide bonds. The van der Waals surface area contributed by atoms with Gasteiger partial charge in [-0.05, 0) is 60.7 Å². The van der Waals surface area contributed by atoms with Gasteiger partial charge < -0.3 is 15.0 Å². The molecule has 254 valence electrons. The maximum atomic E-state index is 12.5. The van der Waals surface area contributed by atoms with E-state index in [0.717, 1.165) is 29.8 Å². The fourth-order valence-electron chi connectivity index (χ4n) is 4.02. The Morgan fingerprint density at radius 3 is 2.00 bits per heavy atom. The molecule has 2 aromatic carbocycles. The van der Waals surface area contributed by atoms with Crippen molar-refractivity contribution in [2.45, 2.75) is 85.9 Å². The normalized spacial score (nSPS) is 12.3. The topological polar surface area (TPSA) is 113 Å². The quantitative estimate of drug-likeness (QED) is 0.136. The number of hydrogen-bond acceptors (Lipinski definition) is 7. The second-order valence-electron chi connectivity index (χ2n) is 9.58. The number of aldehydes is 1. The number of amides is 3. The van der Waals surface area contributed by atoms with E-state index in [9.17, 15) is 24.0 Å². The summed E-state index contributed by atoms with van der Waals surface area (Å²) in [6.45, 7) is 17.5. The smallest absolute Gasteiger partial charge is 0.414 e. The number of nitrogens with zero attached hydrogens (tertiary/aromatic N) is 2. The third kappa shape index (κ3) is 16.3. The van der Waals surface area contributed by atoms with Crippen LogP contribution in [-0.2, 0) is 14.3 Å². The minimum absolute atomic E-state index is 0.0124. The number of anilines is 2. The molecule has 0 radical (unpaired) electrons. The van der Waals surface area contributed by atoms with Gasteiger partial charge in [-0.3, -0.25) is 24.1 Å². The summed E-state index contributed by atoms with van der Waals surface area (Å²) in [5.74, 6) is 0.903. The van der Waals surface area contributed by atoms with Crippen LogP contribution < -0.4 is 15.1 Å². The first-order valence-corrected chi connectivity index (χ1v) is 16.8. The average molecular weight is 656 g/mol. The van der Waals surface area contributed by atoms with Gasteiger partial charge in [0.15, 0.2) is 5.78 Å². The number of ether oxygens (including phenoxy) is 1. The Labute approximate surface area is 280 Å². The summed E-state index contributed by atoms with van der Waals surface area (Å²) < 4.78 is 4.79. The molecule has 0 saturated carbocycles. The highest BCUT2D eigenvalue weighted by atomic mass is 32.2. The molecular weight excluding hydrogens is 602 g/mol. The molecule has 2 aromatic rings. The molecule has 1 fully saturated rings. The third-order valence-electron chi connectivity index (χ3n) is 6.11. The zero-order valence-corrected chi connectivity index (χ0v) is 29.6. The molecule has 0 aromatic heterocycles. The Bertz CT molecular complexity index is 1170. The van der Waals surface area contributed by atoms with Gasteiger partial charge in [0.25, 0.3) is 0 Å². The summed E-state index contributed by atoms with van der Waals surface area (Å²) in [6, 6.07) is 13.7. The van der Waals surface area contributed by atoms with Crippen LogP contribution in [0.15, 0.2) is 48.5 Å². The Balaban J connectivity index is 0. The molecule has 9 nitrogen and oxygen atoms in total. The number of terminal acetylenes is 1. The van der Waals surface area contributed by atoms with Gasteiger partial charge in [0, 0.05) is 53.7 Å². The fourth-order valence-corrected chi connectivity index (χ4v) is 4.96. The first-order chi connectivity index (χ1) is 22.2. The number of rotatable bonds is 13. The van der Waals surface area contributed by atoms with E-state index in [1.807, 2.05) is 27.7 Å². The van der Waals surface area contributed by atoms with Crippen molar-refractivity contribution < 1.29 is 28.7 Å². The second-order valence-corrected chi connectivity index (χ2v) is 11.2. The average Bonchev–Trinajstić information content (AvgIpc) is 3.51. The van der Waals surface area contributed by atoms with E-state index < -0.39 is 0 Å². The van der Waals surface area contributed by atoms with Crippen molar-refractivity contribution in [3.63, 3.8) is 0 Å². The number of ketones is 1. The molecule has 1 aliphatic heterocycles. The summed E-state index contributed by atoms with van der Waals surface area (Å²) in [5.41, 5.74) is 2.75. The monoisotopic (exact) mass is 655 g/mol. The Morgan fingerprint density at radius 2 is 1.59 bits per heavy atom. The van der Waals surface area contributed by atoms with Crippen molar-refractivity contribution in [2.24, 2.45) is 0 Å². The van der Waals surface area contributed by atoms with Crippen LogP contribution in [0.1, 0.15) is 95.4 Å². The first kappa shape index (κ1) is 44.0. The summed E-state index contributed by atoms with van der Waals surface area (Å²) in [7, 11) is 0. The lowest BCUT2D eigenvalue weighted by Crippen LogP contribution is -2.38. The van der Waals surface area contributed by atoms with Crippen molar-refractivity contribution in [2.75, 3.05) is 35.2 Å². The number of Topliss-reactive ketones (excluding diaryl/α,β-unsaturated/α-hetero) is 1. The minimum Gasteiger partial charge on any atom is -0.447 e. The van der Waals surface area contributed by atoms with Crippen molar-refractivity contribution >= 4 is 53.6 Å². The molecule has 1 aliphatic rings. The molecule has 1 unspecified atom stereocenters. The van der Waals surface area contributed by atoms with Crippen LogP contribution >= 0.6 is 11.8 Å². The molecule has 0 spiro atoms. The van der Waals surface area contributed by atoms with Crippen molar-refractivity contribution in [3.8, 4) is 12.8 Å². The van der Waals surface area contributed by atoms with Gasteiger partial charge in [0.1, 0.15) is 12.9 Å². The Morgan fingerprint density at radius 1 is 1.02 bits per heavy atom. The van der Waals surface area contributed by atoms with Gasteiger partial charge in [0.05, 0.1) is 6.54 Å². The second kappa shape index (κ2) is 27.2. The zero-order chi connectivity index (χ0) is 35.5. The molecule has 2 atom stereocenters. The highest BCUT2D eigenvalue weighted by molar-refractivity contribution is 7.99. The highest BCUT2D eigenvalue weighted by Gasteiger charge is 2.23. The molecule has 3 rings (SSSR count). The van der Waals surface area contributed by atoms with E-state index in [1.165, 1.54) is 18.2 Å². The van der Waals surface area contributed by atoms with Gasteiger partial charge in [-0.2, -0.15) is 11.8 Å². The Hall–Kier alpha value is -4.10. The SMILES string of the molecule is C#C.CC.CCC.CCCN(C(C)=O)c1ccc(C(=O)CC(NC=O)[C@@H](C)SCC)cc1.O=Cc1ccc(N2CCOC2=O)cc1. The summed E-state index contributed by atoms with van der Waals surface area (Å²) in [5, 5.41) is 2.92. The predicted octanol–water partition coefficient (Wildman–Crippen LogP) is 7.43. The fraction of sp³-hybridized carbons (Fsp3) is 0.472.